The van der Waals surface area contributed by atoms with Gasteiger partial charge in [0.2, 0.25) is 0 Å². The van der Waals surface area contributed by atoms with Crippen molar-refractivity contribution < 1.29 is 35.1 Å². The van der Waals surface area contributed by atoms with Gasteiger partial charge in [-0.25, -0.2) is 22.0 Å². The number of hydrogen-bond donors (Lipinski definition) is 0. The molecule has 0 bridgehead atoms. The zero-order valence-electron chi connectivity index (χ0n) is 15.9. The second-order valence-electron chi connectivity index (χ2n) is 6.66. The molecule has 0 heterocycles. The number of allylic oxidation sites excluding steroid dienone is 1. The molecule has 162 valence electrons. The van der Waals surface area contributed by atoms with E-state index >= 15 is 0 Å². The van der Waals surface area contributed by atoms with Crippen LogP contribution in [0.2, 0.25) is 0 Å². The van der Waals surface area contributed by atoms with E-state index in [4.69, 9.17) is 0 Å². The maximum atomic E-state index is 14.6. The number of rotatable bonds is 4. The summed E-state index contributed by atoms with van der Waals surface area (Å²) in [7, 11) is 0. The lowest BCUT2D eigenvalue weighted by Crippen LogP contribution is -2.11. The van der Waals surface area contributed by atoms with Gasteiger partial charge in [-0.2, -0.15) is 13.2 Å². The summed E-state index contributed by atoms with van der Waals surface area (Å²) in [5.74, 6) is -6.53. The van der Waals surface area contributed by atoms with Crippen molar-refractivity contribution in [2.24, 2.45) is 0 Å². The summed E-state index contributed by atoms with van der Waals surface area (Å²) in [5, 5.41) is 0. The van der Waals surface area contributed by atoms with Crippen LogP contribution in [0.15, 0.2) is 60.4 Å². The maximum Gasteiger partial charge on any atom is 0.422 e. The fraction of sp³-hybridized carbons (Fsp3) is 0.130. The Labute approximate surface area is 172 Å². The van der Waals surface area contributed by atoms with E-state index in [0.717, 1.165) is 12.1 Å². The lowest BCUT2D eigenvalue weighted by atomic mass is 9.97. The van der Waals surface area contributed by atoms with Crippen LogP contribution >= 0.6 is 0 Å². The molecular formula is C23H14F8. The molecule has 0 aliphatic heterocycles. The molecule has 3 rings (SSSR count). The lowest BCUT2D eigenvalue weighted by molar-refractivity contribution is -0.142. The van der Waals surface area contributed by atoms with Crippen LogP contribution in [0.5, 0.6) is 0 Å². The van der Waals surface area contributed by atoms with E-state index in [2.05, 4.69) is 0 Å². The molecule has 3 aromatic rings. The molecule has 0 unspecified atom stereocenters. The van der Waals surface area contributed by atoms with Crippen molar-refractivity contribution in [1.82, 2.24) is 0 Å². The van der Waals surface area contributed by atoms with Gasteiger partial charge in [-0.15, -0.1) is 0 Å². The summed E-state index contributed by atoms with van der Waals surface area (Å²) in [4.78, 5) is 0. The first kappa shape index (κ1) is 22.5. The van der Waals surface area contributed by atoms with Crippen molar-refractivity contribution in [1.29, 1.82) is 0 Å². The second-order valence-corrected chi connectivity index (χ2v) is 6.66. The Bertz CT molecular complexity index is 1120. The molecule has 0 saturated carbocycles. The Morgan fingerprint density at radius 2 is 1.23 bits per heavy atom. The SMILES string of the molecule is CCC(F)=C(F)c1ccc(-c2ccc(-c3cc(F)c(C(F)(F)F)c(F)c3)c(F)c2)cc1. The van der Waals surface area contributed by atoms with Crippen molar-refractivity contribution in [3.05, 3.63) is 89.0 Å². The van der Waals surface area contributed by atoms with E-state index in [-0.39, 0.29) is 17.5 Å². The highest BCUT2D eigenvalue weighted by Crippen LogP contribution is 2.37. The van der Waals surface area contributed by atoms with Gasteiger partial charge in [-0.05, 0) is 41.3 Å². The summed E-state index contributed by atoms with van der Waals surface area (Å²) >= 11 is 0. The summed E-state index contributed by atoms with van der Waals surface area (Å²) in [6, 6.07) is 9.90. The molecule has 0 saturated heterocycles. The smallest absolute Gasteiger partial charge is 0.209 e. The van der Waals surface area contributed by atoms with E-state index in [0.29, 0.717) is 23.3 Å². The molecule has 31 heavy (non-hydrogen) atoms. The van der Waals surface area contributed by atoms with Gasteiger partial charge in [0.25, 0.3) is 0 Å². The number of alkyl halides is 3. The summed E-state index contributed by atoms with van der Waals surface area (Å²) in [5.41, 5.74) is -1.97. The molecule has 0 aliphatic carbocycles. The van der Waals surface area contributed by atoms with Crippen molar-refractivity contribution in [3.63, 3.8) is 0 Å². The van der Waals surface area contributed by atoms with Gasteiger partial charge >= 0.3 is 6.18 Å². The lowest BCUT2D eigenvalue weighted by Gasteiger charge is -2.12. The first-order chi connectivity index (χ1) is 14.5. The molecular weight excluding hydrogens is 428 g/mol. The summed E-state index contributed by atoms with van der Waals surface area (Å²) in [6.45, 7) is 1.46. The first-order valence-corrected chi connectivity index (χ1v) is 9.04. The Hall–Kier alpha value is -3.16. The molecule has 0 fully saturated rings. The number of halogens is 8. The molecule has 0 amide bonds. The topological polar surface area (TPSA) is 0 Å². The number of hydrogen-bond acceptors (Lipinski definition) is 0. The van der Waals surface area contributed by atoms with E-state index in [1.165, 1.54) is 37.3 Å². The van der Waals surface area contributed by atoms with E-state index in [9.17, 15) is 35.1 Å². The monoisotopic (exact) mass is 442 g/mol. The minimum atomic E-state index is -5.23. The Morgan fingerprint density at radius 1 is 0.710 bits per heavy atom. The van der Waals surface area contributed by atoms with E-state index in [1.807, 2.05) is 0 Å². The van der Waals surface area contributed by atoms with Gasteiger partial charge in [-0.1, -0.05) is 43.3 Å². The van der Waals surface area contributed by atoms with Crippen molar-refractivity contribution in [3.8, 4) is 22.3 Å². The van der Waals surface area contributed by atoms with Crippen molar-refractivity contribution in [2.45, 2.75) is 19.5 Å². The molecule has 0 N–H and O–H groups in total. The van der Waals surface area contributed by atoms with Crippen LogP contribution in [-0.4, -0.2) is 0 Å². The van der Waals surface area contributed by atoms with Crippen LogP contribution in [-0.2, 0) is 6.18 Å². The number of benzene rings is 3. The Kier molecular flexibility index (Phi) is 6.20. The predicted octanol–water partition coefficient (Wildman–Crippen LogP) is 8.47. The normalized spacial score (nSPS) is 12.7. The Morgan fingerprint density at radius 3 is 1.71 bits per heavy atom. The quantitative estimate of drug-likeness (QED) is 0.356. The largest absolute Gasteiger partial charge is 0.422 e. The molecule has 0 radical (unpaired) electrons. The minimum Gasteiger partial charge on any atom is -0.209 e. The fourth-order valence-electron chi connectivity index (χ4n) is 3.05. The Balaban J connectivity index is 1.96. The second kappa shape index (κ2) is 8.53. The zero-order chi connectivity index (χ0) is 22.9. The molecule has 0 aliphatic rings. The predicted molar refractivity (Wildman–Crippen MR) is 102 cm³/mol. The summed E-state index contributed by atoms with van der Waals surface area (Å²) in [6.07, 6.45) is -5.33. The molecule has 0 nitrogen and oxygen atoms in total. The van der Waals surface area contributed by atoms with Gasteiger partial charge in [0, 0.05) is 11.1 Å². The molecule has 8 heteroatoms. The average molecular weight is 442 g/mol. The van der Waals surface area contributed by atoms with Crippen LogP contribution in [0, 0.1) is 17.5 Å². The molecule has 3 aromatic carbocycles. The third-order valence-electron chi connectivity index (χ3n) is 4.63. The van der Waals surface area contributed by atoms with Crippen molar-refractivity contribution in [2.75, 3.05) is 0 Å². The van der Waals surface area contributed by atoms with Crippen LogP contribution < -0.4 is 0 Å². The van der Waals surface area contributed by atoms with Gasteiger partial charge in [-0.3, -0.25) is 0 Å². The summed E-state index contributed by atoms with van der Waals surface area (Å²) < 4.78 is 108. The van der Waals surface area contributed by atoms with Gasteiger partial charge < -0.3 is 0 Å². The highest BCUT2D eigenvalue weighted by Gasteiger charge is 2.38. The van der Waals surface area contributed by atoms with Gasteiger partial charge in [0.05, 0.1) is 0 Å². The van der Waals surface area contributed by atoms with E-state index in [1.54, 1.807) is 0 Å². The van der Waals surface area contributed by atoms with E-state index < -0.39 is 46.4 Å². The van der Waals surface area contributed by atoms with Gasteiger partial charge in [0.15, 0.2) is 5.83 Å². The molecule has 0 aromatic heterocycles. The third-order valence-corrected chi connectivity index (χ3v) is 4.63. The minimum absolute atomic E-state index is 0.0101. The molecule has 0 spiro atoms. The van der Waals surface area contributed by atoms with Crippen LogP contribution in [0.4, 0.5) is 35.1 Å². The standard InChI is InChI=1S/C23H14F8/c1-2-17(24)22(28)13-5-3-12(4-6-13)14-7-8-16(18(25)9-14)15-10-19(26)21(20(27)11-15)23(29,30)31/h3-11H,2H2,1H3. The van der Waals surface area contributed by atoms with Crippen molar-refractivity contribution >= 4 is 5.83 Å². The fourth-order valence-corrected chi connectivity index (χ4v) is 3.05. The van der Waals surface area contributed by atoms with Crippen LogP contribution in [0.1, 0.15) is 24.5 Å². The molecule has 0 atom stereocenters. The maximum absolute atomic E-state index is 14.6. The zero-order valence-corrected chi connectivity index (χ0v) is 15.9. The highest BCUT2D eigenvalue weighted by molar-refractivity contribution is 5.73. The average Bonchev–Trinajstić information content (AvgIpc) is 2.71. The first-order valence-electron chi connectivity index (χ1n) is 9.04. The highest BCUT2D eigenvalue weighted by atomic mass is 19.4. The third kappa shape index (κ3) is 4.62. The van der Waals surface area contributed by atoms with Gasteiger partial charge in [0.1, 0.15) is 28.8 Å². The van der Waals surface area contributed by atoms with Crippen LogP contribution in [0.3, 0.4) is 0 Å². The van der Waals surface area contributed by atoms with Crippen LogP contribution in [0.25, 0.3) is 28.1 Å².